The van der Waals surface area contributed by atoms with E-state index in [9.17, 15) is 4.79 Å². The fourth-order valence-electron chi connectivity index (χ4n) is 1.24. The number of anilines is 1. The number of ether oxygens (including phenoxy) is 1. The van der Waals surface area contributed by atoms with E-state index in [0.717, 1.165) is 13.1 Å². The standard InChI is InChI=1S/C9H14N4O2/c14-9(13-7-3-11-12-4-7)1-2-15-8-5-10-6-8/h3-4,8,10H,1-2,5-6H2,(H,11,12)(H,13,14). The molecular formula is C9H14N4O2. The van der Waals surface area contributed by atoms with Crippen LogP contribution in [0.1, 0.15) is 6.42 Å². The van der Waals surface area contributed by atoms with E-state index in [1.165, 1.54) is 0 Å². The van der Waals surface area contributed by atoms with Crippen LogP contribution in [0.2, 0.25) is 0 Å². The van der Waals surface area contributed by atoms with E-state index in [1.54, 1.807) is 12.4 Å². The smallest absolute Gasteiger partial charge is 0.226 e. The molecule has 1 saturated heterocycles. The monoisotopic (exact) mass is 210 g/mol. The summed E-state index contributed by atoms with van der Waals surface area (Å²) in [6.07, 6.45) is 3.86. The SMILES string of the molecule is O=C(CCOC1CNC1)Nc1cn[nH]c1. The van der Waals surface area contributed by atoms with Crippen molar-refractivity contribution in [1.82, 2.24) is 15.5 Å². The maximum absolute atomic E-state index is 11.3. The van der Waals surface area contributed by atoms with Crippen LogP contribution in [0.25, 0.3) is 0 Å². The molecule has 1 aliphatic rings. The number of aromatic nitrogens is 2. The Morgan fingerprint density at radius 3 is 3.13 bits per heavy atom. The van der Waals surface area contributed by atoms with Crippen molar-refractivity contribution in [2.75, 3.05) is 25.0 Å². The Hall–Kier alpha value is -1.40. The van der Waals surface area contributed by atoms with Crippen LogP contribution in [-0.2, 0) is 9.53 Å². The number of H-pyrrole nitrogens is 1. The molecule has 0 atom stereocenters. The highest BCUT2D eigenvalue weighted by Gasteiger charge is 2.16. The van der Waals surface area contributed by atoms with E-state index in [4.69, 9.17) is 4.74 Å². The molecule has 2 rings (SSSR count). The Balaban J connectivity index is 1.60. The highest BCUT2D eigenvalue weighted by Crippen LogP contribution is 2.03. The normalized spacial score (nSPS) is 16.0. The fourth-order valence-corrected chi connectivity index (χ4v) is 1.24. The predicted molar refractivity (Wildman–Crippen MR) is 54.4 cm³/mol. The lowest BCUT2D eigenvalue weighted by molar-refractivity contribution is -0.118. The van der Waals surface area contributed by atoms with Crippen molar-refractivity contribution in [3.8, 4) is 0 Å². The second-order valence-corrected chi connectivity index (χ2v) is 3.44. The number of aromatic amines is 1. The van der Waals surface area contributed by atoms with Gasteiger partial charge in [0.15, 0.2) is 0 Å². The third-order valence-electron chi connectivity index (χ3n) is 2.21. The highest BCUT2D eigenvalue weighted by molar-refractivity contribution is 5.90. The zero-order chi connectivity index (χ0) is 10.5. The lowest BCUT2D eigenvalue weighted by Gasteiger charge is -2.26. The van der Waals surface area contributed by atoms with E-state index >= 15 is 0 Å². The second kappa shape index (κ2) is 4.90. The Morgan fingerprint density at radius 2 is 2.53 bits per heavy atom. The molecule has 6 nitrogen and oxygen atoms in total. The van der Waals surface area contributed by atoms with Gasteiger partial charge in [-0.25, -0.2) is 0 Å². The van der Waals surface area contributed by atoms with Crippen molar-refractivity contribution in [3.05, 3.63) is 12.4 Å². The number of hydrogen-bond acceptors (Lipinski definition) is 4. The summed E-state index contributed by atoms with van der Waals surface area (Å²) in [6.45, 7) is 2.25. The molecular weight excluding hydrogens is 196 g/mol. The Kier molecular flexibility index (Phi) is 3.31. The topological polar surface area (TPSA) is 79.0 Å². The molecule has 3 N–H and O–H groups in total. The van der Waals surface area contributed by atoms with Crippen molar-refractivity contribution in [3.63, 3.8) is 0 Å². The lowest BCUT2D eigenvalue weighted by atomic mass is 10.2. The summed E-state index contributed by atoms with van der Waals surface area (Å²) < 4.78 is 5.42. The molecule has 1 fully saturated rings. The Morgan fingerprint density at radius 1 is 1.67 bits per heavy atom. The van der Waals surface area contributed by atoms with Crippen LogP contribution in [0.15, 0.2) is 12.4 Å². The molecule has 0 saturated carbocycles. The molecule has 0 spiro atoms. The van der Waals surface area contributed by atoms with Crippen molar-refractivity contribution < 1.29 is 9.53 Å². The molecule has 1 aliphatic heterocycles. The minimum Gasteiger partial charge on any atom is -0.375 e. The zero-order valence-corrected chi connectivity index (χ0v) is 8.32. The van der Waals surface area contributed by atoms with E-state index in [2.05, 4.69) is 20.8 Å². The quantitative estimate of drug-likeness (QED) is 0.625. The molecule has 1 aromatic rings. The van der Waals surface area contributed by atoms with Crippen molar-refractivity contribution in [2.24, 2.45) is 0 Å². The van der Waals surface area contributed by atoms with Gasteiger partial charge in [-0.15, -0.1) is 0 Å². The summed E-state index contributed by atoms with van der Waals surface area (Å²) in [5, 5.41) is 12.2. The molecule has 0 aromatic carbocycles. The van der Waals surface area contributed by atoms with Crippen molar-refractivity contribution in [2.45, 2.75) is 12.5 Å². The Bertz CT molecular complexity index is 308. The van der Waals surface area contributed by atoms with Gasteiger partial charge in [0, 0.05) is 19.3 Å². The first kappa shape index (κ1) is 10.1. The van der Waals surface area contributed by atoms with Crippen LogP contribution < -0.4 is 10.6 Å². The number of carbonyl (C=O) groups is 1. The lowest BCUT2D eigenvalue weighted by Crippen LogP contribution is -2.48. The zero-order valence-electron chi connectivity index (χ0n) is 8.32. The van der Waals surface area contributed by atoms with Gasteiger partial charge >= 0.3 is 0 Å². The maximum Gasteiger partial charge on any atom is 0.226 e. The summed E-state index contributed by atoms with van der Waals surface area (Å²) in [7, 11) is 0. The van der Waals surface area contributed by atoms with E-state index in [0.29, 0.717) is 18.7 Å². The first-order chi connectivity index (χ1) is 7.34. The number of carbonyl (C=O) groups excluding carboxylic acids is 1. The van der Waals surface area contributed by atoms with Gasteiger partial charge in [-0.3, -0.25) is 9.89 Å². The average Bonchev–Trinajstić information content (AvgIpc) is 2.62. The number of rotatable bonds is 5. The highest BCUT2D eigenvalue weighted by atomic mass is 16.5. The molecule has 6 heteroatoms. The van der Waals surface area contributed by atoms with Gasteiger partial charge in [0.2, 0.25) is 5.91 Å². The van der Waals surface area contributed by atoms with E-state index in [1.807, 2.05) is 0 Å². The van der Waals surface area contributed by atoms with Crippen molar-refractivity contribution in [1.29, 1.82) is 0 Å². The summed E-state index contributed by atoms with van der Waals surface area (Å²) in [5.74, 6) is -0.0521. The summed E-state index contributed by atoms with van der Waals surface area (Å²) in [5.41, 5.74) is 0.685. The number of nitrogens with zero attached hydrogens (tertiary/aromatic N) is 1. The van der Waals surface area contributed by atoms with Crippen LogP contribution in [-0.4, -0.2) is 41.9 Å². The van der Waals surface area contributed by atoms with E-state index < -0.39 is 0 Å². The van der Waals surface area contributed by atoms with Crippen LogP contribution in [0.5, 0.6) is 0 Å². The second-order valence-electron chi connectivity index (χ2n) is 3.44. The molecule has 1 amide bonds. The fraction of sp³-hybridized carbons (Fsp3) is 0.556. The largest absolute Gasteiger partial charge is 0.375 e. The van der Waals surface area contributed by atoms with Crippen LogP contribution in [0.3, 0.4) is 0 Å². The van der Waals surface area contributed by atoms with E-state index in [-0.39, 0.29) is 12.0 Å². The predicted octanol–water partition coefficient (Wildman–Crippen LogP) is -0.273. The van der Waals surface area contributed by atoms with Gasteiger partial charge in [-0.1, -0.05) is 0 Å². The molecule has 0 bridgehead atoms. The Labute approximate surface area is 87.4 Å². The van der Waals surface area contributed by atoms with Gasteiger partial charge in [0.05, 0.1) is 31.0 Å². The molecule has 0 unspecified atom stereocenters. The summed E-state index contributed by atoms with van der Waals surface area (Å²) in [6, 6.07) is 0. The molecule has 0 radical (unpaired) electrons. The number of amides is 1. The van der Waals surface area contributed by atoms with Gasteiger partial charge in [-0.2, -0.15) is 5.10 Å². The number of nitrogens with one attached hydrogen (secondary N) is 3. The van der Waals surface area contributed by atoms with Crippen LogP contribution in [0, 0.1) is 0 Å². The first-order valence-electron chi connectivity index (χ1n) is 4.95. The molecule has 82 valence electrons. The van der Waals surface area contributed by atoms with Gasteiger partial charge < -0.3 is 15.4 Å². The third-order valence-corrected chi connectivity index (χ3v) is 2.21. The van der Waals surface area contributed by atoms with Crippen LogP contribution in [0.4, 0.5) is 5.69 Å². The van der Waals surface area contributed by atoms with Crippen molar-refractivity contribution >= 4 is 11.6 Å². The van der Waals surface area contributed by atoms with Gasteiger partial charge in [-0.05, 0) is 0 Å². The molecule has 15 heavy (non-hydrogen) atoms. The molecule has 0 aliphatic carbocycles. The summed E-state index contributed by atoms with van der Waals surface area (Å²) >= 11 is 0. The average molecular weight is 210 g/mol. The van der Waals surface area contributed by atoms with Gasteiger partial charge in [0.1, 0.15) is 0 Å². The molecule has 2 heterocycles. The molecule has 1 aromatic heterocycles. The third kappa shape index (κ3) is 3.03. The minimum atomic E-state index is -0.0521. The minimum absolute atomic E-state index is 0.0521. The summed E-state index contributed by atoms with van der Waals surface area (Å²) in [4.78, 5) is 11.3. The number of hydrogen-bond donors (Lipinski definition) is 3. The maximum atomic E-state index is 11.3. The van der Waals surface area contributed by atoms with Gasteiger partial charge in [0.25, 0.3) is 0 Å². The van der Waals surface area contributed by atoms with Crippen LogP contribution >= 0.6 is 0 Å². The first-order valence-corrected chi connectivity index (χ1v) is 4.95.